The number of nitro groups is 1. The maximum atomic E-state index is 10.5. The molecule has 0 radical (unpaired) electrons. The molecule has 1 aliphatic rings. The number of aliphatic hydroxyl groups is 1. The lowest BCUT2D eigenvalue weighted by Gasteiger charge is -2.26. The first-order valence-corrected chi connectivity index (χ1v) is 6.77. The van der Waals surface area contributed by atoms with E-state index in [-0.39, 0.29) is 16.7 Å². The molecule has 0 aliphatic heterocycles. The quantitative estimate of drug-likeness (QED) is 0.631. The van der Waals surface area contributed by atoms with Gasteiger partial charge in [0.25, 0.3) is 5.69 Å². The highest BCUT2D eigenvalue weighted by Crippen LogP contribution is 2.23. The second-order valence-electron chi connectivity index (χ2n) is 5.24. The Bertz CT molecular complexity index is 419. The SMILES string of the molecule is O=[N+]([O-])c1ccc(CNCC2CCCC(O)C2)cc1. The third kappa shape index (κ3) is 4.29. The first-order valence-electron chi connectivity index (χ1n) is 6.77. The van der Waals surface area contributed by atoms with Gasteiger partial charge in [0, 0.05) is 18.7 Å². The van der Waals surface area contributed by atoms with Crippen molar-refractivity contribution >= 4 is 5.69 Å². The minimum Gasteiger partial charge on any atom is -0.393 e. The number of benzene rings is 1. The molecule has 0 saturated heterocycles. The average molecular weight is 264 g/mol. The molecule has 0 heterocycles. The highest BCUT2D eigenvalue weighted by molar-refractivity contribution is 5.32. The number of non-ortho nitro benzene ring substituents is 1. The van der Waals surface area contributed by atoms with Crippen molar-refractivity contribution in [1.82, 2.24) is 5.32 Å². The minimum atomic E-state index is -0.388. The second-order valence-corrected chi connectivity index (χ2v) is 5.24. The average Bonchev–Trinajstić information content (AvgIpc) is 2.39. The van der Waals surface area contributed by atoms with E-state index in [2.05, 4.69) is 5.32 Å². The molecule has 19 heavy (non-hydrogen) atoms. The van der Waals surface area contributed by atoms with E-state index in [4.69, 9.17) is 0 Å². The fourth-order valence-corrected chi connectivity index (χ4v) is 2.60. The predicted molar refractivity (Wildman–Crippen MR) is 72.8 cm³/mol. The van der Waals surface area contributed by atoms with Gasteiger partial charge in [-0.25, -0.2) is 0 Å². The predicted octanol–water partition coefficient (Wildman–Crippen LogP) is 2.24. The lowest BCUT2D eigenvalue weighted by atomic mass is 9.87. The molecule has 2 unspecified atom stereocenters. The maximum Gasteiger partial charge on any atom is 0.269 e. The highest BCUT2D eigenvalue weighted by Gasteiger charge is 2.19. The Morgan fingerprint density at radius 2 is 2.05 bits per heavy atom. The van der Waals surface area contributed by atoms with E-state index in [9.17, 15) is 15.2 Å². The van der Waals surface area contributed by atoms with Gasteiger partial charge < -0.3 is 10.4 Å². The zero-order valence-corrected chi connectivity index (χ0v) is 10.9. The van der Waals surface area contributed by atoms with Crippen molar-refractivity contribution in [3.63, 3.8) is 0 Å². The topological polar surface area (TPSA) is 75.4 Å². The van der Waals surface area contributed by atoms with Crippen LogP contribution in [0.15, 0.2) is 24.3 Å². The van der Waals surface area contributed by atoms with Crippen LogP contribution in [-0.4, -0.2) is 22.7 Å². The molecule has 104 valence electrons. The Balaban J connectivity index is 1.74. The third-order valence-corrected chi connectivity index (χ3v) is 3.66. The number of rotatable bonds is 5. The first-order chi connectivity index (χ1) is 9.15. The smallest absolute Gasteiger partial charge is 0.269 e. The summed E-state index contributed by atoms with van der Waals surface area (Å²) >= 11 is 0. The Labute approximate surface area is 112 Å². The molecule has 2 N–H and O–H groups in total. The second kappa shape index (κ2) is 6.63. The van der Waals surface area contributed by atoms with Crippen LogP contribution < -0.4 is 5.32 Å². The summed E-state index contributed by atoms with van der Waals surface area (Å²) in [5.41, 5.74) is 1.17. The number of aliphatic hydroxyl groups excluding tert-OH is 1. The van der Waals surface area contributed by atoms with E-state index in [1.54, 1.807) is 12.1 Å². The van der Waals surface area contributed by atoms with Crippen LogP contribution in [0.3, 0.4) is 0 Å². The van der Waals surface area contributed by atoms with E-state index < -0.39 is 0 Å². The molecule has 1 fully saturated rings. The summed E-state index contributed by atoms with van der Waals surface area (Å²) in [7, 11) is 0. The van der Waals surface area contributed by atoms with E-state index in [1.165, 1.54) is 18.6 Å². The van der Waals surface area contributed by atoms with Gasteiger partial charge in [-0.2, -0.15) is 0 Å². The van der Waals surface area contributed by atoms with Gasteiger partial charge in [-0.15, -0.1) is 0 Å². The molecule has 1 aliphatic carbocycles. The van der Waals surface area contributed by atoms with Crippen LogP contribution in [0.2, 0.25) is 0 Å². The van der Waals surface area contributed by atoms with Gasteiger partial charge in [0.2, 0.25) is 0 Å². The fourth-order valence-electron chi connectivity index (χ4n) is 2.60. The van der Waals surface area contributed by atoms with Crippen LogP contribution in [0.5, 0.6) is 0 Å². The van der Waals surface area contributed by atoms with Gasteiger partial charge in [0.05, 0.1) is 11.0 Å². The van der Waals surface area contributed by atoms with E-state index >= 15 is 0 Å². The summed E-state index contributed by atoms with van der Waals surface area (Å²) in [6.07, 6.45) is 3.95. The number of hydrogen-bond acceptors (Lipinski definition) is 4. The summed E-state index contributed by atoms with van der Waals surface area (Å²) in [6, 6.07) is 6.62. The molecule has 1 saturated carbocycles. The van der Waals surface area contributed by atoms with Gasteiger partial charge >= 0.3 is 0 Å². The van der Waals surface area contributed by atoms with Crippen molar-refractivity contribution in [3.05, 3.63) is 39.9 Å². The van der Waals surface area contributed by atoms with Crippen LogP contribution >= 0.6 is 0 Å². The molecule has 5 nitrogen and oxygen atoms in total. The van der Waals surface area contributed by atoms with Crippen molar-refractivity contribution in [1.29, 1.82) is 0 Å². The summed E-state index contributed by atoms with van der Waals surface area (Å²) in [5, 5.41) is 23.5. The maximum absolute atomic E-state index is 10.5. The van der Waals surface area contributed by atoms with Crippen molar-refractivity contribution in [2.45, 2.75) is 38.3 Å². The van der Waals surface area contributed by atoms with E-state index in [0.717, 1.165) is 31.4 Å². The zero-order valence-electron chi connectivity index (χ0n) is 10.9. The van der Waals surface area contributed by atoms with Gasteiger partial charge in [-0.3, -0.25) is 10.1 Å². The molecular formula is C14H20N2O3. The molecular weight excluding hydrogens is 244 g/mol. The number of nitro benzene ring substituents is 1. The van der Waals surface area contributed by atoms with E-state index in [0.29, 0.717) is 12.5 Å². The Kier molecular flexibility index (Phi) is 4.87. The van der Waals surface area contributed by atoms with Gasteiger partial charge in [0.1, 0.15) is 0 Å². The van der Waals surface area contributed by atoms with Gasteiger partial charge in [-0.1, -0.05) is 18.6 Å². The summed E-state index contributed by atoms with van der Waals surface area (Å²) in [5.74, 6) is 0.543. The first kappa shape index (κ1) is 14.0. The third-order valence-electron chi connectivity index (χ3n) is 3.66. The Morgan fingerprint density at radius 1 is 1.32 bits per heavy atom. The van der Waals surface area contributed by atoms with Crippen molar-refractivity contribution in [2.24, 2.45) is 5.92 Å². The van der Waals surface area contributed by atoms with Crippen LogP contribution in [0.25, 0.3) is 0 Å². The number of hydrogen-bond donors (Lipinski definition) is 2. The monoisotopic (exact) mass is 264 g/mol. The van der Waals surface area contributed by atoms with Crippen molar-refractivity contribution < 1.29 is 10.0 Å². The normalized spacial score (nSPS) is 23.2. The largest absolute Gasteiger partial charge is 0.393 e. The van der Waals surface area contributed by atoms with Crippen LogP contribution in [0.4, 0.5) is 5.69 Å². The standard InChI is InChI=1S/C14H20N2O3/c17-14-3-1-2-12(8-14)10-15-9-11-4-6-13(7-5-11)16(18)19/h4-7,12,14-15,17H,1-3,8-10H2. The molecule has 0 amide bonds. The Hall–Kier alpha value is -1.46. The van der Waals surface area contributed by atoms with Gasteiger partial charge in [0.15, 0.2) is 0 Å². The highest BCUT2D eigenvalue weighted by atomic mass is 16.6. The zero-order chi connectivity index (χ0) is 13.7. The molecule has 0 bridgehead atoms. The number of nitrogens with one attached hydrogen (secondary N) is 1. The lowest BCUT2D eigenvalue weighted by molar-refractivity contribution is -0.384. The fraction of sp³-hybridized carbons (Fsp3) is 0.571. The minimum absolute atomic E-state index is 0.124. The molecule has 2 rings (SSSR count). The molecule has 1 aromatic rings. The number of nitrogens with zero attached hydrogens (tertiary/aromatic N) is 1. The Morgan fingerprint density at radius 3 is 2.68 bits per heavy atom. The van der Waals surface area contributed by atoms with Crippen LogP contribution in [0.1, 0.15) is 31.2 Å². The summed E-state index contributed by atoms with van der Waals surface area (Å²) < 4.78 is 0. The molecule has 0 spiro atoms. The van der Waals surface area contributed by atoms with Crippen molar-refractivity contribution in [2.75, 3.05) is 6.54 Å². The molecule has 1 aromatic carbocycles. The molecule has 5 heteroatoms. The van der Waals surface area contributed by atoms with Crippen molar-refractivity contribution in [3.8, 4) is 0 Å². The summed E-state index contributed by atoms with van der Waals surface area (Å²) in [6.45, 7) is 1.61. The summed E-state index contributed by atoms with van der Waals surface area (Å²) in [4.78, 5) is 10.1. The lowest BCUT2D eigenvalue weighted by Crippen LogP contribution is -2.28. The van der Waals surface area contributed by atoms with E-state index in [1.807, 2.05) is 0 Å². The van der Waals surface area contributed by atoms with Crippen LogP contribution in [-0.2, 0) is 6.54 Å². The van der Waals surface area contributed by atoms with Crippen LogP contribution in [0, 0.1) is 16.0 Å². The molecule has 0 aromatic heterocycles. The van der Waals surface area contributed by atoms with Gasteiger partial charge in [-0.05, 0) is 37.3 Å². The molecule has 2 atom stereocenters.